The van der Waals surface area contributed by atoms with Gasteiger partial charge in [0.2, 0.25) is 0 Å². The minimum atomic E-state index is -0.304. The van der Waals surface area contributed by atoms with Gasteiger partial charge >= 0.3 is 0 Å². The van der Waals surface area contributed by atoms with Crippen LogP contribution in [0.15, 0.2) is 109 Å². The number of amides is 2. The standard InChI is InChI=1S/C21H19ClN2O3.C13H11ClN2O2/c1-26-17-10-8-15(9-11-17)14-24(16-5-3-6-18(13-16)27-2)21(25)19-7-4-12-23-20(19)22;1-18-10-5-2-4-9(8-10)16-13(17)11-6-3-7-15-12(11)14/h3-13H,14H2,1-2H3;2-8H,1H3,(H,16,17). The largest absolute Gasteiger partial charge is 0.497 e. The third-order valence-electron chi connectivity index (χ3n) is 6.43. The van der Waals surface area contributed by atoms with E-state index in [2.05, 4.69) is 15.3 Å². The normalized spacial score (nSPS) is 10.2. The summed E-state index contributed by atoms with van der Waals surface area (Å²) in [6.45, 7) is 0.362. The molecule has 0 saturated heterocycles. The summed E-state index contributed by atoms with van der Waals surface area (Å²) in [5.74, 6) is 1.55. The van der Waals surface area contributed by atoms with E-state index in [-0.39, 0.29) is 22.1 Å². The second-order valence-corrected chi connectivity index (χ2v) is 10.0. The number of methoxy groups -OCH3 is 3. The highest BCUT2D eigenvalue weighted by Crippen LogP contribution is 2.27. The van der Waals surface area contributed by atoms with E-state index in [1.807, 2.05) is 48.5 Å². The van der Waals surface area contributed by atoms with Crippen LogP contribution in [0.5, 0.6) is 17.2 Å². The van der Waals surface area contributed by atoms with Gasteiger partial charge in [-0.1, -0.05) is 47.5 Å². The molecule has 0 spiro atoms. The van der Waals surface area contributed by atoms with E-state index in [4.69, 9.17) is 37.4 Å². The summed E-state index contributed by atoms with van der Waals surface area (Å²) in [5, 5.41) is 3.08. The van der Waals surface area contributed by atoms with Gasteiger partial charge in [-0.25, -0.2) is 9.97 Å². The van der Waals surface area contributed by atoms with Crippen molar-refractivity contribution in [2.45, 2.75) is 6.54 Å². The summed E-state index contributed by atoms with van der Waals surface area (Å²) < 4.78 is 15.6. The first kappa shape index (κ1) is 32.8. The van der Waals surface area contributed by atoms with Crippen molar-refractivity contribution < 1.29 is 23.8 Å². The SMILES string of the molecule is COc1ccc(CN(C(=O)c2cccnc2Cl)c2cccc(OC)c2)cc1.COc1cccc(NC(=O)c2cccnc2Cl)c1. The number of nitrogens with zero attached hydrogens (tertiary/aromatic N) is 3. The van der Waals surface area contributed by atoms with Crippen LogP contribution in [-0.4, -0.2) is 43.1 Å². The van der Waals surface area contributed by atoms with Crippen molar-refractivity contribution in [1.29, 1.82) is 0 Å². The Kier molecular flexibility index (Phi) is 11.7. The average Bonchev–Trinajstić information content (AvgIpc) is 3.08. The highest BCUT2D eigenvalue weighted by atomic mass is 35.5. The molecule has 0 aliphatic heterocycles. The molecule has 0 saturated carbocycles. The monoisotopic (exact) mass is 644 g/mol. The number of benzene rings is 3. The van der Waals surface area contributed by atoms with Crippen LogP contribution in [0.1, 0.15) is 26.3 Å². The van der Waals surface area contributed by atoms with Crippen LogP contribution in [0, 0.1) is 0 Å². The molecule has 0 atom stereocenters. The third-order valence-corrected chi connectivity index (χ3v) is 7.03. The van der Waals surface area contributed by atoms with E-state index in [1.54, 1.807) is 81.0 Å². The van der Waals surface area contributed by atoms with Crippen molar-refractivity contribution in [3.8, 4) is 17.2 Å². The van der Waals surface area contributed by atoms with Crippen molar-refractivity contribution in [3.05, 3.63) is 136 Å². The molecule has 0 unspecified atom stereocenters. The van der Waals surface area contributed by atoms with Gasteiger partial charge in [0.1, 0.15) is 27.6 Å². The van der Waals surface area contributed by atoms with E-state index in [0.29, 0.717) is 40.5 Å². The first-order chi connectivity index (χ1) is 21.8. The zero-order valence-electron chi connectivity index (χ0n) is 24.7. The molecule has 11 heteroatoms. The molecule has 2 heterocycles. The topological polar surface area (TPSA) is 103 Å². The summed E-state index contributed by atoms with van der Waals surface area (Å²) >= 11 is 12.0. The van der Waals surface area contributed by atoms with E-state index in [0.717, 1.165) is 11.3 Å². The maximum absolute atomic E-state index is 13.2. The van der Waals surface area contributed by atoms with E-state index in [9.17, 15) is 9.59 Å². The molecule has 0 aliphatic rings. The van der Waals surface area contributed by atoms with Gasteiger partial charge in [-0.2, -0.15) is 0 Å². The number of carbonyl (C=O) groups excluding carboxylic acids is 2. The molecular formula is C34H30Cl2N4O5. The minimum Gasteiger partial charge on any atom is -0.497 e. The smallest absolute Gasteiger partial charge is 0.261 e. The number of hydrogen-bond donors (Lipinski definition) is 1. The van der Waals surface area contributed by atoms with Gasteiger partial charge in [-0.3, -0.25) is 9.59 Å². The predicted octanol–water partition coefficient (Wildman–Crippen LogP) is 7.60. The molecule has 5 aromatic rings. The number of rotatable bonds is 9. The van der Waals surface area contributed by atoms with Crippen molar-refractivity contribution in [1.82, 2.24) is 9.97 Å². The van der Waals surface area contributed by atoms with Gasteiger partial charge in [0.15, 0.2) is 0 Å². The van der Waals surface area contributed by atoms with Gasteiger partial charge in [0, 0.05) is 35.9 Å². The highest BCUT2D eigenvalue weighted by Gasteiger charge is 2.21. The number of ether oxygens (including phenoxy) is 3. The second kappa shape index (κ2) is 16.1. The fourth-order valence-corrected chi connectivity index (χ4v) is 4.52. The number of aromatic nitrogens is 2. The van der Waals surface area contributed by atoms with Crippen LogP contribution in [0.25, 0.3) is 0 Å². The Balaban J connectivity index is 0.000000222. The van der Waals surface area contributed by atoms with E-state index >= 15 is 0 Å². The zero-order valence-corrected chi connectivity index (χ0v) is 26.3. The summed E-state index contributed by atoms with van der Waals surface area (Å²) in [4.78, 5) is 34.7. The van der Waals surface area contributed by atoms with Gasteiger partial charge < -0.3 is 24.4 Å². The van der Waals surface area contributed by atoms with Gasteiger partial charge in [0.05, 0.1) is 39.0 Å². The third kappa shape index (κ3) is 8.95. The molecule has 45 heavy (non-hydrogen) atoms. The number of carbonyl (C=O) groups is 2. The Hall–Kier alpha value is -5.12. The van der Waals surface area contributed by atoms with Crippen molar-refractivity contribution in [2.75, 3.05) is 31.5 Å². The van der Waals surface area contributed by atoms with Crippen LogP contribution >= 0.6 is 23.2 Å². The van der Waals surface area contributed by atoms with Crippen molar-refractivity contribution >= 4 is 46.4 Å². The summed E-state index contributed by atoms with van der Waals surface area (Å²) in [7, 11) is 4.77. The van der Waals surface area contributed by atoms with E-state index < -0.39 is 0 Å². The summed E-state index contributed by atoms with van der Waals surface area (Å²) in [6.07, 6.45) is 3.09. The molecule has 9 nitrogen and oxygen atoms in total. The molecule has 1 N–H and O–H groups in total. The molecule has 5 rings (SSSR count). The lowest BCUT2D eigenvalue weighted by Crippen LogP contribution is -2.30. The van der Waals surface area contributed by atoms with Crippen molar-refractivity contribution in [3.63, 3.8) is 0 Å². The average molecular weight is 646 g/mol. The molecule has 0 fully saturated rings. The lowest BCUT2D eigenvalue weighted by Gasteiger charge is -2.24. The molecule has 3 aromatic carbocycles. The lowest BCUT2D eigenvalue weighted by atomic mass is 10.1. The van der Waals surface area contributed by atoms with Crippen LogP contribution in [-0.2, 0) is 6.54 Å². The Morgan fingerprint density at radius 3 is 1.87 bits per heavy atom. The van der Waals surface area contributed by atoms with Crippen molar-refractivity contribution in [2.24, 2.45) is 0 Å². The van der Waals surface area contributed by atoms with Crippen LogP contribution in [0.3, 0.4) is 0 Å². The van der Waals surface area contributed by atoms with Crippen LogP contribution in [0.4, 0.5) is 11.4 Å². The highest BCUT2D eigenvalue weighted by molar-refractivity contribution is 6.33. The number of anilines is 2. The fraction of sp³-hybridized carbons (Fsp3) is 0.118. The first-order valence-electron chi connectivity index (χ1n) is 13.6. The van der Waals surface area contributed by atoms with Gasteiger partial charge in [-0.15, -0.1) is 0 Å². The summed E-state index contributed by atoms with van der Waals surface area (Å²) in [5.41, 5.74) is 2.97. The Morgan fingerprint density at radius 1 is 0.689 bits per heavy atom. The summed E-state index contributed by atoms with van der Waals surface area (Å²) in [6, 6.07) is 28.6. The minimum absolute atomic E-state index is 0.171. The maximum Gasteiger partial charge on any atom is 0.261 e. The van der Waals surface area contributed by atoms with Crippen LogP contribution < -0.4 is 24.4 Å². The zero-order chi connectivity index (χ0) is 32.2. The Morgan fingerprint density at radius 2 is 1.27 bits per heavy atom. The number of hydrogen-bond acceptors (Lipinski definition) is 7. The van der Waals surface area contributed by atoms with Crippen LogP contribution in [0.2, 0.25) is 10.3 Å². The predicted molar refractivity (Wildman–Crippen MR) is 176 cm³/mol. The maximum atomic E-state index is 13.2. The first-order valence-corrected chi connectivity index (χ1v) is 14.3. The fourth-order valence-electron chi connectivity index (χ4n) is 4.12. The Bertz CT molecular complexity index is 1750. The molecule has 230 valence electrons. The number of nitrogens with one attached hydrogen (secondary N) is 1. The Labute approximate surface area is 271 Å². The molecular weight excluding hydrogens is 615 g/mol. The van der Waals surface area contributed by atoms with Gasteiger partial charge in [0.25, 0.3) is 11.8 Å². The number of pyridine rings is 2. The molecule has 2 aromatic heterocycles. The molecule has 2 amide bonds. The quantitative estimate of drug-likeness (QED) is 0.165. The molecule has 0 bridgehead atoms. The molecule has 0 aliphatic carbocycles. The number of halogens is 2. The second-order valence-electron chi connectivity index (χ2n) is 9.31. The lowest BCUT2D eigenvalue weighted by molar-refractivity contribution is 0.0983. The molecule has 0 radical (unpaired) electrons. The van der Waals surface area contributed by atoms with Gasteiger partial charge in [-0.05, 0) is 66.2 Å². The van der Waals surface area contributed by atoms with E-state index in [1.165, 1.54) is 6.20 Å².